The molecule has 1 aliphatic carbocycles. The zero-order chi connectivity index (χ0) is 11.5. The van der Waals surface area contributed by atoms with Crippen molar-refractivity contribution in [3.8, 4) is 5.75 Å². The summed E-state index contributed by atoms with van der Waals surface area (Å²) in [5, 5.41) is 9.17. The van der Waals surface area contributed by atoms with Crippen molar-refractivity contribution in [1.82, 2.24) is 0 Å². The third kappa shape index (κ3) is 2.32. The molecule has 1 aromatic carbocycles. The van der Waals surface area contributed by atoms with Gasteiger partial charge in [-0.1, -0.05) is 19.1 Å². The summed E-state index contributed by atoms with van der Waals surface area (Å²) in [6.45, 7) is 1.99. The van der Waals surface area contributed by atoms with E-state index in [0.717, 1.165) is 30.4 Å². The highest BCUT2D eigenvalue weighted by Gasteiger charge is 2.22. The number of hydrogen-bond donors (Lipinski definition) is 1. The van der Waals surface area contributed by atoms with Gasteiger partial charge in [0.1, 0.15) is 5.75 Å². The van der Waals surface area contributed by atoms with Crippen molar-refractivity contribution < 1.29 is 9.90 Å². The summed E-state index contributed by atoms with van der Waals surface area (Å²) in [4.78, 5) is 11.9. The Kier molecular flexibility index (Phi) is 3.09. The molecule has 16 heavy (non-hydrogen) atoms. The molecule has 1 fully saturated rings. The lowest BCUT2D eigenvalue weighted by Crippen LogP contribution is -2.18. The van der Waals surface area contributed by atoms with E-state index >= 15 is 0 Å². The van der Waals surface area contributed by atoms with E-state index in [2.05, 4.69) is 0 Å². The Morgan fingerprint density at radius 2 is 2.00 bits per heavy atom. The quantitative estimate of drug-likeness (QED) is 0.732. The molecule has 1 saturated carbocycles. The van der Waals surface area contributed by atoms with Crippen molar-refractivity contribution >= 4 is 11.9 Å². The minimum absolute atomic E-state index is 0.164. The molecule has 0 heterocycles. The third-order valence-corrected chi connectivity index (χ3v) is 3.08. The highest BCUT2D eigenvalue weighted by molar-refractivity contribution is 6.01. The van der Waals surface area contributed by atoms with Crippen molar-refractivity contribution in [1.29, 1.82) is 0 Å². The standard InChI is InChI=1S/C14H16O2/c1-10-3-2-4-12(14(10)16)9-11-5-7-13(15)8-6-11/h5-10,15H,2-4H2,1H3/b12-9+/t10-/m0/s1. The Balaban J connectivity index is 2.23. The van der Waals surface area contributed by atoms with Gasteiger partial charge in [-0.15, -0.1) is 0 Å². The molecule has 0 bridgehead atoms. The number of carbonyl (C=O) groups excluding carboxylic acids is 1. The highest BCUT2D eigenvalue weighted by Crippen LogP contribution is 2.26. The minimum atomic E-state index is 0.164. The summed E-state index contributed by atoms with van der Waals surface area (Å²) < 4.78 is 0. The molecule has 1 aromatic rings. The Hall–Kier alpha value is -1.57. The molecular weight excluding hydrogens is 200 g/mol. The zero-order valence-electron chi connectivity index (χ0n) is 9.44. The van der Waals surface area contributed by atoms with E-state index in [4.69, 9.17) is 5.11 Å². The predicted molar refractivity (Wildman–Crippen MR) is 64.1 cm³/mol. The molecular formula is C14H16O2. The van der Waals surface area contributed by atoms with Crippen LogP contribution in [-0.2, 0) is 4.79 Å². The molecule has 2 heteroatoms. The monoisotopic (exact) mass is 216 g/mol. The van der Waals surface area contributed by atoms with Gasteiger partial charge in [0.2, 0.25) is 0 Å². The number of benzene rings is 1. The van der Waals surface area contributed by atoms with Crippen LogP contribution < -0.4 is 0 Å². The average molecular weight is 216 g/mol. The summed E-state index contributed by atoms with van der Waals surface area (Å²) in [6, 6.07) is 6.94. The molecule has 0 unspecified atom stereocenters. The van der Waals surface area contributed by atoms with Crippen LogP contribution in [0.2, 0.25) is 0 Å². The molecule has 1 N–H and O–H groups in total. The van der Waals surface area contributed by atoms with Crippen LogP contribution in [0.5, 0.6) is 5.75 Å². The number of hydrogen-bond acceptors (Lipinski definition) is 2. The minimum Gasteiger partial charge on any atom is -0.508 e. The molecule has 0 aliphatic heterocycles. The second kappa shape index (κ2) is 4.52. The molecule has 0 radical (unpaired) electrons. The maximum atomic E-state index is 11.9. The van der Waals surface area contributed by atoms with Crippen LogP contribution in [0.15, 0.2) is 29.8 Å². The fourth-order valence-corrected chi connectivity index (χ4v) is 2.08. The fourth-order valence-electron chi connectivity index (χ4n) is 2.08. The number of carbonyl (C=O) groups is 1. The summed E-state index contributed by atoms with van der Waals surface area (Å²) in [6.07, 6.45) is 4.92. The van der Waals surface area contributed by atoms with Crippen LogP contribution in [-0.4, -0.2) is 10.9 Å². The Morgan fingerprint density at radius 1 is 1.31 bits per heavy atom. The van der Waals surface area contributed by atoms with Gasteiger partial charge in [-0.3, -0.25) is 4.79 Å². The van der Waals surface area contributed by atoms with E-state index in [1.54, 1.807) is 12.1 Å². The molecule has 2 rings (SSSR count). The van der Waals surface area contributed by atoms with E-state index in [-0.39, 0.29) is 17.5 Å². The normalized spacial score (nSPS) is 23.7. The third-order valence-electron chi connectivity index (χ3n) is 3.08. The Morgan fingerprint density at radius 3 is 2.69 bits per heavy atom. The molecule has 0 aromatic heterocycles. The Bertz CT molecular complexity index is 415. The van der Waals surface area contributed by atoms with Gasteiger partial charge >= 0.3 is 0 Å². The van der Waals surface area contributed by atoms with Crippen molar-refractivity contribution in [2.45, 2.75) is 26.2 Å². The van der Waals surface area contributed by atoms with Gasteiger partial charge in [0.05, 0.1) is 0 Å². The van der Waals surface area contributed by atoms with Crippen molar-refractivity contribution in [3.63, 3.8) is 0 Å². The van der Waals surface area contributed by atoms with Gasteiger partial charge in [-0.05, 0) is 48.6 Å². The first-order valence-corrected chi connectivity index (χ1v) is 5.70. The molecule has 2 nitrogen and oxygen atoms in total. The first kappa shape index (κ1) is 10.9. The van der Waals surface area contributed by atoms with Gasteiger partial charge in [0.25, 0.3) is 0 Å². The summed E-state index contributed by atoms with van der Waals surface area (Å²) >= 11 is 0. The van der Waals surface area contributed by atoms with E-state index in [1.807, 2.05) is 25.1 Å². The maximum Gasteiger partial charge on any atom is 0.161 e. The lowest BCUT2D eigenvalue weighted by molar-refractivity contribution is -0.119. The van der Waals surface area contributed by atoms with Gasteiger partial charge < -0.3 is 5.11 Å². The number of rotatable bonds is 1. The smallest absolute Gasteiger partial charge is 0.161 e. The Labute approximate surface area is 95.6 Å². The van der Waals surface area contributed by atoms with Crippen LogP contribution in [0.3, 0.4) is 0 Å². The highest BCUT2D eigenvalue weighted by atomic mass is 16.3. The van der Waals surface area contributed by atoms with Crippen LogP contribution >= 0.6 is 0 Å². The van der Waals surface area contributed by atoms with Gasteiger partial charge in [-0.25, -0.2) is 0 Å². The number of aromatic hydroxyl groups is 1. The van der Waals surface area contributed by atoms with Gasteiger partial charge in [0.15, 0.2) is 5.78 Å². The number of ketones is 1. The first-order valence-electron chi connectivity index (χ1n) is 5.70. The summed E-state index contributed by atoms with van der Waals surface area (Å²) in [5.41, 5.74) is 1.90. The number of phenols is 1. The van der Waals surface area contributed by atoms with E-state index in [0.29, 0.717) is 0 Å². The topological polar surface area (TPSA) is 37.3 Å². The number of allylic oxidation sites excluding steroid dienone is 1. The lowest BCUT2D eigenvalue weighted by atomic mass is 9.84. The van der Waals surface area contributed by atoms with Crippen molar-refractivity contribution in [2.75, 3.05) is 0 Å². The van der Waals surface area contributed by atoms with E-state index in [9.17, 15) is 4.79 Å². The summed E-state index contributed by atoms with van der Waals surface area (Å²) in [7, 11) is 0. The van der Waals surface area contributed by atoms with Crippen LogP contribution in [0.1, 0.15) is 31.7 Å². The molecule has 1 atom stereocenters. The molecule has 0 saturated heterocycles. The summed E-state index contributed by atoms with van der Waals surface area (Å²) in [5.74, 6) is 0.696. The lowest BCUT2D eigenvalue weighted by Gasteiger charge is -2.19. The number of phenolic OH excluding ortho intramolecular Hbond substituents is 1. The fraction of sp³-hybridized carbons (Fsp3) is 0.357. The molecule has 1 aliphatic rings. The van der Waals surface area contributed by atoms with Crippen molar-refractivity contribution in [3.05, 3.63) is 35.4 Å². The molecule has 84 valence electrons. The second-order valence-corrected chi connectivity index (χ2v) is 4.42. The van der Waals surface area contributed by atoms with Gasteiger partial charge in [0, 0.05) is 5.92 Å². The van der Waals surface area contributed by atoms with E-state index < -0.39 is 0 Å². The molecule has 0 amide bonds. The van der Waals surface area contributed by atoms with Crippen LogP contribution in [0, 0.1) is 5.92 Å². The SMILES string of the molecule is C[C@H]1CCC/C(=C\c2ccc(O)cc2)C1=O. The van der Waals surface area contributed by atoms with Crippen LogP contribution in [0.25, 0.3) is 6.08 Å². The van der Waals surface area contributed by atoms with Crippen molar-refractivity contribution in [2.24, 2.45) is 5.92 Å². The maximum absolute atomic E-state index is 11.9. The largest absolute Gasteiger partial charge is 0.508 e. The number of Topliss-reactive ketones (excluding diaryl/α,β-unsaturated/α-hetero) is 1. The predicted octanol–water partition coefficient (Wildman–Crippen LogP) is 3.16. The van der Waals surface area contributed by atoms with Crippen LogP contribution in [0.4, 0.5) is 0 Å². The zero-order valence-corrected chi connectivity index (χ0v) is 9.44. The van der Waals surface area contributed by atoms with E-state index in [1.165, 1.54) is 0 Å². The molecule has 0 spiro atoms. The van der Waals surface area contributed by atoms with Gasteiger partial charge in [-0.2, -0.15) is 0 Å². The second-order valence-electron chi connectivity index (χ2n) is 4.42. The average Bonchev–Trinajstić information content (AvgIpc) is 2.28. The first-order chi connectivity index (χ1) is 7.66.